The third-order valence-electron chi connectivity index (χ3n) is 1.13. The van der Waals surface area contributed by atoms with Crippen molar-refractivity contribution in [1.29, 1.82) is 0 Å². The number of esters is 1. The van der Waals surface area contributed by atoms with Crippen LogP contribution in [0, 0.1) is 0 Å². The molecule has 0 aromatic carbocycles. The normalized spacial score (nSPS) is 12.5. The summed E-state index contributed by atoms with van der Waals surface area (Å²) in [5.74, 6) is -2.10. The Kier molecular flexibility index (Phi) is 5.83. The zero-order valence-electron chi connectivity index (χ0n) is 7.02. The van der Waals surface area contributed by atoms with Crippen molar-refractivity contribution in [2.24, 2.45) is 0 Å². The second-order valence-electron chi connectivity index (χ2n) is 2.08. The van der Waals surface area contributed by atoms with E-state index in [1.807, 2.05) is 0 Å². The Labute approximate surface area is 101 Å². The van der Waals surface area contributed by atoms with Crippen molar-refractivity contribution in [3.63, 3.8) is 0 Å². The molecule has 0 amide bonds. The Morgan fingerprint density at radius 3 is 2.29 bits per heavy atom. The average Bonchev–Trinajstić information content (AvgIpc) is 2.15. The Bertz CT molecular complexity index is 272. The summed E-state index contributed by atoms with van der Waals surface area (Å²) in [7, 11) is 0. The fourth-order valence-electron chi connectivity index (χ4n) is 0.514. The summed E-state index contributed by atoms with van der Waals surface area (Å²) >= 11 is 21.4. The molecule has 0 heterocycles. The maximum Gasteiger partial charge on any atom is 0.350 e. The van der Waals surface area contributed by atoms with Crippen LogP contribution in [0.25, 0.3) is 0 Å². The minimum atomic E-state index is -2.35. The molecule has 80 valence electrons. The Hall–Kier alpha value is 0.0400. The predicted octanol–water partition coefficient (Wildman–Crippen LogP) is 2.61. The fraction of sp³-hybridized carbons (Fsp3) is 0.429. The van der Waals surface area contributed by atoms with Gasteiger partial charge in [0.1, 0.15) is 0 Å². The van der Waals surface area contributed by atoms with Crippen LogP contribution in [-0.4, -0.2) is 22.7 Å². The number of carbonyl (C=O) groups is 2. The van der Waals surface area contributed by atoms with E-state index in [0.717, 1.165) is 5.54 Å². The summed E-state index contributed by atoms with van der Waals surface area (Å²) in [4.78, 5) is 22.4. The molecule has 0 aromatic heterocycles. The lowest BCUT2D eigenvalue weighted by molar-refractivity contribution is -0.145. The standard InChI is InChI=1S/C7H6Cl4O3/c1-2-14-6(13)7(10,11)5(12)4(9)3-8/h3H,2H2,1H3. The van der Waals surface area contributed by atoms with Crippen LogP contribution in [0.1, 0.15) is 6.92 Å². The van der Waals surface area contributed by atoms with E-state index >= 15 is 0 Å². The number of Topliss-reactive ketones (excluding diaryl/α,β-unsaturated/α-hetero) is 1. The van der Waals surface area contributed by atoms with Crippen molar-refractivity contribution in [2.75, 3.05) is 6.61 Å². The molecule has 0 saturated heterocycles. The van der Waals surface area contributed by atoms with Crippen LogP contribution in [0.5, 0.6) is 0 Å². The van der Waals surface area contributed by atoms with Crippen LogP contribution in [0.2, 0.25) is 0 Å². The van der Waals surface area contributed by atoms with E-state index in [2.05, 4.69) is 4.74 Å². The molecule has 0 unspecified atom stereocenters. The molecule has 0 rings (SSSR count). The van der Waals surface area contributed by atoms with Crippen LogP contribution in [0.4, 0.5) is 0 Å². The second-order valence-corrected chi connectivity index (χ2v) is 4.03. The Morgan fingerprint density at radius 1 is 1.43 bits per heavy atom. The van der Waals surface area contributed by atoms with E-state index in [4.69, 9.17) is 46.4 Å². The van der Waals surface area contributed by atoms with Gasteiger partial charge in [0.15, 0.2) is 0 Å². The number of hydrogen-bond donors (Lipinski definition) is 0. The van der Waals surface area contributed by atoms with Crippen molar-refractivity contribution >= 4 is 58.2 Å². The second kappa shape index (κ2) is 5.81. The molecule has 0 atom stereocenters. The highest BCUT2D eigenvalue weighted by molar-refractivity contribution is 6.71. The van der Waals surface area contributed by atoms with Gasteiger partial charge in [0.25, 0.3) is 4.33 Å². The Morgan fingerprint density at radius 2 is 1.93 bits per heavy atom. The van der Waals surface area contributed by atoms with Crippen molar-refractivity contribution in [1.82, 2.24) is 0 Å². The summed E-state index contributed by atoms with van der Waals surface area (Å²) in [5, 5.41) is -0.440. The summed E-state index contributed by atoms with van der Waals surface area (Å²) in [6.07, 6.45) is 0. The zero-order chi connectivity index (χ0) is 11.4. The molecule has 0 aromatic rings. The van der Waals surface area contributed by atoms with Gasteiger partial charge < -0.3 is 4.74 Å². The van der Waals surface area contributed by atoms with Gasteiger partial charge in [-0.25, -0.2) is 4.79 Å². The monoisotopic (exact) mass is 278 g/mol. The molecule has 0 saturated carbocycles. The predicted molar refractivity (Wildman–Crippen MR) is 55.9 cm³/mol. The van der Waals surface area contributed by atoms with Gasteiger partial charge in [0.05, 0.1) is 11.6 Å². The topological polar surface area (TPSA) is 43.4 Å². The molecule has 0 bridgehead atoms. The largest absolute Gasteiger partial charge is 0.463 e. The van der Waals surface area contributed by atoms with Crippen LogP contribution in [-0.2, 0) is 14.3 Å². The minimum Gasteiger partial charge on any atom is -0.463 e. The van der Waals surface area contributed by atoms with Crippen molar-refractivity contribution < 1.29 is 14.3 Å². The highest BCUT2D eigenvalue weighted by atomic mass is 35.5. The molecular weight excluding hydrogens is 274 g/mol. The van der Waals surface area contributed by atoms with Gasteiger partial charge in [-0.3, -0.25) is 4.79 Å². The third-order valence-corrected chi connectivity index (χ3v) is 2.39. The molecule has 0 spiro atoms. The first kappa shape index (κ1) is 14.0. The van der Waals surface area contributed by atoms with Crippen LogP contribution in [0.3, 0.4) is 0 Å². The fourth-order valence-corrected chi connectivity index (χ4v) is 1.16. The maximum atomic E-state index is 11.3. The lowest BCUT2D eigenvalue weighted by Crippen LogP contribution is -2.37. The summed E-state index contributed by atoms with van der Waals surface area (Å²) in [6.45, 7) is 1.60. The lowest BCUT2D eigenvalue weighted by Gasteiger charge is -2.14. The van der Waals surface area contributed by atoms with E-state index in [1.54, 1.807) is 6.92 Å². The molecule has 0 aliphatic carbocycles. The average molecular weight is 280 g/mol. The van der Waals surface area contributed by atoms with Gasteiger partial charge in [-0.2, -0.15) is 0 Å². The maximum absolute atomic E-state index is 11.3. The number of alkyl halides is 2. The minimum absolute atomic E-state index is 0.0511. The van der Waals surface area contributed by atoms with E-state index in [0.29, 0.717) is 0 Å². The first-order valence-electron chi connectivity index (χ1n) is 3.43. The number of carbonyl (C=O) groups excluding carboxylic acids is 2. The number of ether oxygens (including phenoxy) is 1. The van der Waals surface area contributed by atoms with E-state index in [1.165, 1.54) is 0 Å². The number of hydrogen-bond acceptors (Lipinski definition) is 3. The molecule has 0 radical (unpaired) electrons. The van der Waals surface area contributed by atoms with Gasteiger partial charge in [0, 0.05) is 5.54 Å². The number of ketones is 1. The number of rotatable bonds is 4. The lowest BCUT2D eigenvalue weighted by atomic mass is 10.2. The van der Waals surface area contributed by atoms with E-state index in [9.17, 15) is 9.59 Å². The molecular formula is C7H6Cl4O3. The Balaban J connectivity index is 4.78. The van der Waals surface area contributed by atoms with E-state index < -0.39 is 21.1 Å². The summed E-state index contributed by atoms with van der Waals surface area (Å²) in [6, 6.07) is 0. The van der Waals surface area contributed by atoms with Crippen molar-refractivity contribution in [3.8, 4) is 0 Å². The molecule has 0 fully saturated rings. The van der Waals surface area contributed by atoms with Crippen LogP contribution >= 0.6 is 46.4 Å². The first-order valence-corrected chi connectivity index (χ1v) is 5.00. The number of allylic oxidation sites excluding steroid dienone is 1. The van der Waals surface area contributed by atoms with E-state index in [-0.39, 0.29) is 6.61 Å². The third kappa shape index (κ3) is 3.31. The van der Waals surface area contributed by atoms with Gasteiger partial charge in [0.2, 0.25) is 5.78 Å². The number of halogens is 4. The van der Waals surface area contributed by atoms with Crippen molar-refractivity contribution in [3.05, 3.63) is 10.6 Å². The summed E-state index contributed by atoms with van der Waals surface area (Å²) < 4.78 is 2.12. The highest BCUT2D eigenvalue weighted by Gasteiger charge is 2.44. The zero-order valence-corrected chi connectivity index (χ0v) is 10.0. The molecule has 3 nitrogen and oxygen atoms in total. The smallest absolute Gasteiger partial charge is 0.350 e. The van der Waals surface area contributed by atoms with Gasteiger partial charge in [-0.1, -0.05) is 46.4 Å². The van der Waals surface area contributed by atoms with Gasteiger partial charge in [-0.05, 0) is 6.92 Å². The molecule has 0 N–H and O–H groups in total. The SMILES string of the molecule is CCOC(=O)C(Cl)(Cl)C(=O)C(Cl)=CCl. The molecule has 14 heavy (non-hydrogen) atoms. The first-order chi connectivity index (χ1) is 6.37. The summed E-state index contributed by atoms with van der Waals surface area (Å²) in [5.41, 5.74) is 0.766. The van der Waals surface area contributed by atoms with Crippen LogP contribution < -0.4 is 0 Å². The van der Waals surface area contributed by atoms with Crippen LogP contribution in [0.15, 0.2) is 10.6 Å². The quantitative estimate of drug-likeness (QED) is 0.344. The molecule has 0 aliphatic rings. The van der Waals surface area contributed by atoms with Gasteiger partial charge >= 0.3 is 5.97 Å². The molecule has 7 heteroatoms. The van der Waals surface area contributed by atoms with Crippen molar-refractivity contribution in [2.45, 2.75) is 11.3 Å². The molecule has 0 aliphatic heterocycles. The highest BCUT2D eigenvalue weighted by Crippen LogP contribution is 2.29. The van der Waals surface area contributed by atoms with Gasteiger partial charge in [-0.15, -0.1) is 0 Å².